The summed E-state index contributed by atoms with van der Waals surface area (Å²) in [6.45, 7) is 3.90. The van der Waals surface area contributed by atoms with Crippen molar-refractivity contribution in [3.05, 3.63) is 30.3 Å². The zero-order valence-corrected chi connectivity index (χ0v) is 11.5. The lowest BCUT2D eigenvalue weighted by Gasteiger charge is -2.36. The summed E-state index contributed by atoms with van der Waals surface area (Å²) in [5.74, 6) is -0.827. The summed E-state index contributed by atoms with van der Waals surface area (Å²) in [5, 5.41) is 11.8. The number of nitrogens with zero attached hydrogens (tertiary/aromatic N) is 2. The summed E-state index contributed by atoms with van der Waals surface area (Å²) in [7, 11) is 0. The Kier molecular flexibility index (Phi) is 4.57. The molecule has 1 aliphatic rings. The number of urea groups is 1. The SMILES string of the molecule is CC(C(=O)O)N1CCN(C(=O)Nc2ccccc2)CC1. The molecule has 1 unspecified atom stereocenters. The third-order valence-corrected chi connectivity index (χ3v) is 3.53. The predicted molar refractivity (Wildman–Crippen MR) is 75.7 cm³/mol. The van der Waals surface area contributed by atoms with Crippen LogP contribution in [0.25, 0.3) is 0 Å². The first-order chi connectivity index (χ1) is 9.58. The fourth-order valence-corrected chi connectivity index (χ4v) is 2.19. The van der Waals surface area contributed by atoms with Gasteiger partial charge in [-0.25, -0.2) is 4.79 Å². The zero-order chi connectivity index (χ0) is 14.5. The highest BCUT2D eigenvalue weighted by atomic mass is 16.4. The molecule has 1 fully saturated rings. The smallest absolute Gasteiger partial charge is 0.321 e. The van der Waals surface area contributed by atoms with Gasteiger partial charge in [0.25, 0.3) is 0 Å². The molecule has 0 saturated carbocycles. The molecule has 1 saturated heterocycles. The summed E-state index contributed by atoms with van der Waals surface area (Å²) in [5.41, 5.74) is 0.763. The minimum absolute atomic E-state index is 0.140. The van der Waals surface area contributed by atoms with Crippen LogP contribution in [0.15, 0.2) is 30.3 Å². The number of carbonyl (C=O) groups is 2. The minimum atomic E-state index is -0.827. The maximum absolute atomic E-state index is 12.1. The molecule has 0 radical (unpaired) electrons. The lowest BCUT2D eigenvalue weighted by Crippen LogP contribution is -2.53. The largest absolute Gasteiger partial charge is 0.480 e. The Morgan fingerprint density at radius 3 is 2.30 bits per heavy atom. The topological polar surface area (TPSA) is 72.9 Å². The van der Waals surface area contributed by atoms with Crippen molar-refractivity contribution in [1.29, 1.82) is 0 Å². The number of hydrogen-bond donors (Lipinski definition) is 2. The van der Waals surface area contributed by atoms with Crippen molar-refractivity contribution in [1.82, 2.24) is 9.80 Å². The fraction of sp³-hybridized carbons (Fsp3) is 0.429. The van der Waals surface area contributed by atoms with Crippen molar-refractivity contribution in [3.63, 3.8) is 0 Å². The van der Waals surface area contributed by atoms with Crippen molar-refractivity contribution in [3.8, 4) is 0 Å². The first-order valence-electron chi connectivity index (χ1n) is 6.66. The van der Waals surface area contributed by atoms with Crippen LogP contribution in [0, 0.1) is 0 Å². The standard InChI is InChI=1S/C14H19N3O3/c1-11(13(18)19)16-7-9-17(10-8-16)14(20)15-12-5-3-2-4-6-12/h2-6,11H,7-10H2,1H3,(H,15,20)(H,18,19). The average molecular weight is 277 g/mol. The summed E-state index contributed by atoms with van der Waals surface area (Å²) < 4.78 is 0. The van der Waals surface area contributed by atoms with Crippen LogP contribution >= 0.6 is 0 Å². The van der Waals surface area contributed by atoms with E-state index in [0.717, 1.165) is 5.69 Å². The van der Waals surface area contributed by atoms with Crippen LogP contribution in [-0.2, 0) is 4.79 Å². The first-order valence-corrected chi connectivity index (χ1v) is 6.66. The molecule has 1 heterocycles. The van der Waals surface area contributed by atoms with Crippen LogP contribution in [0.1, 0.15) is 6.92 Å². The van der Waals surface area contributed by atoms with Gasteiger partial charge in [-0.3, -0.25) is 9.69 Å². The molecule has 2 rings (SSSR count). The van der Waals surface area contributed by atoms with Crippen LogP contribution < -0.4 is 5.32 Å². The Morgan fingerprint density at radius 1 is 1.15 bits per heavy atom. The number of amides is 2. The van der Waals surface area contributed by atoms with Crippen molar-refractivity contribution in [2.75, 3.05) is 31.5 Å². The number of carboxylic acids is 1. The van der Waals surface area contributed by atoms with E-state index in [4.69, 9.17) is 5.11 Å². The molecule has 2 amide bonds. The average Bonchev–Trinajstić information content (AvgIpc) is 2.47. The second-order valence-corrected chi connectivity index (χ2v) is 4.83. The molecule has 0 bridgehead atoms. The molecule has 1 atom stereocenters. The van der Waals surface area contributed by atoms with E-state index >= 15 is 0 Å². The van der Waals surface area contributed by atoms with E-state index in [1.807, 2.05) is 35.2 Å². The van der Waals surface area contributed by atoms with E-state index in [1.165, 1.54) is 0 Å². The van der Waals surface area contributed by atoms with Crippen molar-refractivity contribution >= 4 is 17.7 Å². The lowest BCUT2D eigenvalue weighted by molar-refractivity contribution is -0.143. The zero-order valence-electron chi connectivity index (χ0n) is 11.5. The minimum Gasteiger partial charge on any atom is -0.480 e. The molecule has 1 aliphatic heterocycles. The molecule has 6 nitrogen and oxygen atoms in total. The number of nitrogens with one attached hydrogen (secondary N) is 1. The van der Waals surface area contributed by atoms with Gasteiger partial charge in [-0.2, -0.15) is 0 Å². The summed E-state index contributed by atoms with van der Waals surface area (Å²) in [6, 6.07) is 8.64. The van der Waals surface area contributed by atoms with Gasteiger partial charge in [0.15, 0.2) is 0 Å². The van der Waals surface area contributed by atoms with E-state index in [9.17, 15) is 9.59 Å². The number of carbonyl (C=O) groups excluding carboxylic acids is 1. The maximum atomic E-state index is 12.1. The van der Waals surface area contributed by atoms with Gasteiger partial charge in [0, 0.05) is 31.9 Å². The molecule has 108 valence electrons. The normalized spacial score (nSPS) is 17.6. The molecule has 2 N–H and O–H groups in total. The number of piperazine rings is 1. The third-order valence-electron chi connectivity index (χ3n) is 3.53. The molecule has 20 heavy (non-hydrogen) atoms. The van der Waals surface area contributed by atoms with Gasteiger partial charge in [-0.05, 0) is 19.1 Å². The summed E-state index contributed by atoms with van der Waals surface area (Å²) in [6.07, 6.45) is 0. The van der Waals surface area contributed by atoms with Gasteiger partial charge in [0.2, 0.25) is 0 Å². The first kappa shape index (κ1) is 14.3. The van der Waals surface area contributed by atoms with E-state index < -0.39 is 12.0 Å². The number of para-hydroxylation sites is 1. The molecule has 0 spiro atoms. The van der Waals surface area contributed by atoms with Gasteiger partial charge in [-0.1, -0.05) is 18.2 Å². The number of benzene rings is 1. The predicted octanol–water partition coefficient (Wildman–Crippen LogP) is 1.31. The number of carboxylic acid groups (broad SMARTS) is 1. The molecule has 6 heteroatoms. The molecule has 0 aliphatic carbocycles. The number of hydrogen-bond acceptors (Lipinski definition) is 3. The number of rotatable bonds is 3. The molecule has 0 aromatic heterocycles. The van der Waals surface area contributed by atoms with E-state index in [-0.39, 0.29) is 6.03 Å². The van der Waals surface area contributed by atoms with Crippen LogP contribution in [-0.4, -0.2) is 59.1 Å². The van der Waals surface area contributed by atoms with Gasteiger partial charge < -0.3 is 15.3 Å². The molecule has 1 aromatic carbocycles. The lowest BCUT2D eigenvalue weighted by atomic mass is 10.2. The van der Waals surface area contributed by atoms with Crippen molar-refractivity contribution < 1.29 is 14.7 Å². The second-order valence-electron chi connectivity index (χ2n) is 4.83. The van der Waals surface area contributed by atoms with Crippen molar-refractivity contribution in [2.45, 2.75) is 13.0 Å². The Hall–Kier alpha value is -2.08. The van der Waals surface area contributed by atoms with Crippen LogP contribution in [0.3, 0.4) is 0 Å². The van der Waals surface area contributed by atoms with Gasteiger partial charge >= 0.3 is 12.0 Å². The highest BCUT2D eigenvalue weighted by Gasteiger charge is 2.27. The van der Waals surface area contributed by atoms with E-state index in [1.54, 1.807) is 11.8 Å². The monoisotopic (exact) mass is 277 g/mol. The maximum Gasteiger partial charge on any atom is 0.321 e. The summed E-state index contributed by atoms with van der Waals surface area (Å²) >= 11 is 0. The van der Waals surface area contributed by atoms with Crippen LogP contribution in [0.4, 0.5) is 10.5 Å². The van der Waals surface area contributed by atoms with Gasteiger partial charge in [0.1, 0.15) is 6.04 Å². The Balaban J connectivity index is 1.84. The second kappa shape index (κ2) is 6.38. The Labute approximate surface area is 118 Å². The van der Waals surface area contributed by atoms with Crippen LogP contribution in [0.5, 0.6) is 0 Å². The Morgan fingerprint density at radius 2 is 1.75 bits per heavy atom. The van der Waals surface area contributed by atoms with Gasteiger partial charge in [0.05, 0.1) is 0 Å². The van der Waals surface area contributed by atoms with Crippen LogP contribution in [0.2, 0.25) is 0 Å². The number of aliphatic carboxylic acids is 1. The quantitative estimate of drug-likeness (QED) is 0.873. The summed E-state index contributed by atoms with van der Waals surface area (Å²) in [4.78, 5) is 26.6. The van der Waals surface area contributed by atoms with Crippen molar-refractivity contribution in [2.24, 2.45) is 0 Å². The third kappa shape index (κ3) is 3.48. The molecular weight excluding hydrogens is 258 g/mol. The van der Waals surface area contributed by atoms with E-state index in [0.29, 0.717) is 26.2 Å². The van der Waals surface area contributed by atoms with Gasteiger partial charge in [-0.15, -0.1) is 0 Å². The fourth-order valence-electron chi connectivity index (χ4n) is 2.19. The molecular formula is C14H19N3O3. The Bertz CT molecular complexity index is 470. The highest BCUT2D eigenvalue weighted by Crippen LogP contribution is 2.10. The van der Waals surface area contributed by atoms with E-state index in [2.05, 4.69) is 5.32 Å². The number of anilines is 1. The molecule has 1 aromatic rings. The highest BCUT2D eigenvalue weighted by molar-refractivity contribution is 5.89.